The topological polar surface area (TPSA) is 59.5 Å². The maximum absolute atomic E-state index is 13.3. The highest BCUT2D eigenvalue weighted by Crippen LogP contribution is 2.14. The third-order valence-electron chi connectivity index (χ3n) is 2.57. The normalized spacial score (nSPS) is 10.3. The van der Waals surface area contributed by atoms with Crippen molar-refractivity contribution in [1.82, 2.24) is 4.90 Å². The molecule has 0 unspecified atom stereocenters. The Morgan fingerprint density at radius 3 is 2.83 bits per heavy atom. The van der Waals surface area contributed by atoms with Crippen LogP contribution in [0.25, 0.3) is 0 Å². The summed E-state index contributed by atoms with van der Waals surface area (Å²) >= 11 is 0. The van der Waals surface area contributed by atoms with Gasteiger partial charge in [-0.3, -0.25) is 4.79 Å². The third-order valence-corrected chi connectivity index (χ3v) is 2.57. The molecule has 0 aliphatic rings. The van der Waals surface area contributed by atoms with Gasteiger partial charge in [0.2, 0.25) is 0 Å². The maximum atomic E-state index is 13.3. The zero-order valence-corrected chi connectivity index (χ0v) is 9.89. The number of hydrogen-bond acceptors (Lipinski definition) is 3. The van der Waals surface area contributed by atoms with E-state index in [9.17, 15) is 9.18 Å². The number of carbonyl (C=O) groups is 1. The molecular weight excluding hydrogens is 235 g/mol. The van der Waals surface area contributed by atoms with E-state index in [4.69, 9.17) is 10.2 Å². The molecule has 1 heterocycles. The van der Waals surface area contributed by atoms with Gasteiger partial charge in [0.1, 0.15) is 11.6 Å². The summed E-state index contributed by atoms with van der Waals surface area (Å²) in [7, 11) is 1.62. The predicted octanol–water partition coefficient (Wildman–Crippen LogP) is 2.27. The van der Waals surface area contributed by atoms with Gasteiger partial charge in [0.05, 0.1) is 18.5 Å². The first-order valence-electron chi connectivity index (χ1n) is 5.41. The highest BCUT2D eigenvalue weighted by Gasteiger charge is 2.14. The fraction of sp³-hybridized carbons (Fsp3) is 0.154. The largest absolute Gasteiger partial charge is 0.467 e. The van der Waals surface area contributed by atoms with E-state index in [0.29, 0.717) is 12.3 Å². The zero-order chi connectivity index (χ0) is 13.1. The average molecular weight is 248 g/mol. The van der Waals surface area contributed by atoms with Crippen LogP contribution >= 0.6 is 0 Å². The summed E-state index contributed by atoms with van der Waals surface area (Å²) in [6.45, 7) is 0.331. The summed E-state index contributed by atoms with van der Waals surface area (Å²) in [6, 6.07) is 7.53. The first kappa shape index (κ1) is 12.2. The molecule has 0 aliphatic carbocycles. The molecule has 2 aromatic rings. The molecule has 0 bridgehead atoms. The number of nitrogen functional groups attached to an aromatic ring is 1. The minimum Gasteiger partial charge on any atom is -0.467 e. The number of halogens is 1. The van der Waals surface area contributed by atoms with Crippen molar-refractivity contribution in [2.45, 2.75) is 6.54 Å². The summed E-state index contributed by atoms with van der Waals surface area (Å²) in [4.78, 5) is 13.5. The molecule has 94 valence electrons. The Labute approximate surface area is 104 Å². The first-order chi connectivity index (χ1) is 8.58. The van der Waals surface area contributed by atoms with Crippen LogP contribution in [0.15, 0.2) is 41.0 Å². The van der Waals surface area contributed by atoms with E-state index in [0.717, 1.165) is 6.07 Å². The fourth-order valence-electron chi connectivity index (χ4n) is 1.59. The Morgan fingerprint density at radius 1 is 1.44 bits per heavy atom. The summed E-state index contributed by atoms with van der Waals surface area (Å²) in [5, 5.41) is 0. The summed E-state index contributed by atoms with van der Waals surface area (Å²) in [5.41, 5.74) is 5.65. The maximum Gasteiger partial charge on any atom is 0.254 e. The molecule has 0 aliphatic heterocycles. The zero-order valence-electron chi connectivity index (χ0n) is 9.89. The molecule has 5 heteroatoms. The van der Waals surface area contributed by atoms with Crippen molar-refractivity contribution in [2.75, 3.05) is 12.8 Å². The van der Waals surface area contributed by atoms with Crippen molar-refractivity contribution >= 4 is 11.6 Å². The van der Waals surface area contributed by atoms with Crippen LogP contribution in [0.1, 0.15) is 16.1 Å². The van der Waals surface area contributed by atoms with Gasteiger partial charge < -0.3 is 15.1 Å². The molecule has 1 aromatic heterocycles. The van der Waals surface area contributed by atoms with E-state index in [1.54, 1.807) is 19.2 Å². The van der Waals surface area contributed by atoms with Crippen molar-refractivity contribution in [3.63, 3.8) is 0 Å². The number of furan rings is 1. The molecule has 1 amide bonds. The second-order valence-corrected chi connectivity index (χ2v) is 3.98. The number of carbonyl (C=O) groups excluding carboxylic acids is 1. The Kier molecular flexibility index (Phi) is 3.32. The van der Waals surface area contributed by atoms with Crippen LogP contribution in [-0.4, -0.2) is 17.9 Å². The van der Waals surface area contributed by atoms with Crippen LogP contribution in [0.5, 0.6) is 0 Å². The molecule has 0 saturated carbocycles. The van der Waals surface area contributed by atoms with Gasteiger partial charge in [0.25, 0.3) is 5.91 Å². The van der Waals surface area contributed by atoms with Gasteiger partial charge in [-0.25, -0.2) is 4.39 Å². The smallest absolute Gasteiger partial charge is 0.254 e. The van der Waals surface area contributed by atoms with Gasteiger partial charge in [0, 0.05) is 12.6 Å². The number of hydrogen-bond donors (Lipinski definition) is 1. The van der Waals surface area contributed by atoms with Gasteiger partial charge in [-0.2, -0.15) is 0 Å². The van der Waals surface area contributed by atoms with Crippen LogP contribution < -0.4 is 5.73 Å². The molecule has 0 spiro atoms. The lowest BCUT2D eigenvalue weighted by Crippen LogP contribution is -2.26. The van der Waals surface area contributed by atoms with E-state index < -0.39 is 5.82 Å². The minimum absolute atomic E-state index is 0.0280. The average Bonchev–Trinajstić information content (AvgIpc) is 2.84. The van der Waals surface area contributed by atoms with Gasteiger partial charge in [-0.15, -0.1) is 0 Å². The van der Waals surface area contributed by atoms with E-state index in [2.05, 4.69) is 0 Å². The Morgan fingerprint density at radius 2 is 2.22 bits per heavy atom. The standard InChI is InChI=1S/C13H13FN2O2/c1-16(8-10-3-2-6-18-10)13(17)9-4-5-12(15)11(14)7-9/h2-7H,8,15H2,1H3. The summed E-state index contributed by atoms with van der Waals surface area (Å²) in [6.07, 6.45) is 1.54. The lowest BCUT2D eigenvalue weighted by molar-refractivity contribution is 0.0775. The Balaban J connectivity index is 2.12. The quantitative estimate of drug-likeness (QED) is 0.848. The summed E-state index contributed by atoms with van der Waals surface area (Å²) in [5.74, 6) is -0.209. The Hall–Kier alpha value is -2.30. The van der Waals surface area contributed by atoms with Crippen LogP contribution in [0.4, 0.5) is 10.1 Å². The van der Waals surface area contributed by atoms with E-state index in [-0.39, 0.29) is 17.2 Å². The lowest BCUT2D eigenvalue weighted by Gasteiger charge is -2.15. The molecule has 0 fully saturated rings. The molecule has 0 radical (unpaired) electrons. The minimum atomic E-state index is -0.591. The van der Waals surface area contributed by atoms with Gasteiger partial charge in [0.15, 0.2) is 0 Å². The molecular formula is C13H13FN2O2. The molecule has 18 heavy (non-hydrogen) atoms. The number of nitrogens with two attached hydrogens (primary N) is 1. The third kappa shape index (κ3) is 2.51. The Bertz CT molecular complexity index is 552. The number of amides is 1. The SMILES string of the molecule is CN(Cc1ccco1)C(=O)c1ccc(N)c(F)c1. The second-order valence-electron chi connectivity index (χ2n) is 3.98. The lowest BCUT2D eigenvalue weighted by atomic mass is 10.1. The summed E-state index contributed by atoms with van der Waals surface area (Å²) < 4.78 is 18.4. The number of benzene rings is 1. The van der Waals surface area contributed by atoms with Crippen LogP contribution in [0, 0.1) is 5.82 Å². The van der Waals surface area contributed by atoms with Crippen LogP contribution in [0.3, 0.4) is 0 Å². The number of rotatable bonds is 3. The highest BCUT2D eigenvalue weighted by atomic mass is 19.1. The molecule has 1 aromatic carbocycles. The highest BCUT2D eigenvalue weighted by molar-refractivity contribution is 5.94. The van der Waals surface area contributed by atoms with Crippen LogP contribution in [-0.2, 0) is 6.54 Å². The molecule has 2 rings (SSSR count). The molecule has 0 saturated heterocycles. The van der Waals surface area contributed by atoms with Crippen molar-refractivity contribution in [3.05, 3.63) is 53.7 Å². The molecule has 0 atom stereocenters. The predicted molar refractivity (Wildman–Crippen MR) is 65.3 cm³/mol. The van der Waals surface area contributed by atoms with Gasteiger partial charge in [-0.05, 0) is 30.3 Å². The molecule has 4 nitrogen and oxygen atoms in total. The van der Waals surface area contributed by atoms with Crippen molar-refractivity contribution < 1.29 is 13.6 Å². The number of nitrogens with zero attached hydrogens (tertiary/aromatic N) is 1. The van der Waals surface area contributed by atoms with Crippen LogP contribution in [0.2, 0.25) is 0 Å². The van der Waals surface area contributed by atoms with Gasteiger partial charge >= 0.3 is 0 Å². The van der Waals surface area contributed by atoms with Crippen molar-refractivity contribution in [2.24, 2.45) is 0 Å². The molecule has 2 N–H and O–H groups in total. The second kappa shape index (κ2) is 4.91. The first-order valence-corrected chi connectivity index (χ1v) is 5.41. The van der Waals surface area contributed by atoms with Crippen molar-refractivity contribution in [1.29, 1.82) is 0 Å². The number of anilines is 1. The monoisotopic (exact) mass is 248 g/mol. The van der Waals surface area contributed by atoms with E-state index in [1.807, 2.05) is 0 Å². The van der Waals surface area contributed by atoms with E-state index >= 15 is 0 Å². The van der Waals surface area contributed by atoms with Crippen molar-refractivity contribution in [3.8, 4) is 0 Å². The fourth-order valence-corrected chi connectivity index (χ4v) is 1.59. The van der Waals surface area contributed by atoms with Gasteiger partial charge in [-0.1, -0.05) is 0 Å². The van der Waals surface area contributed by atoms with E-state index in [1.165, 1.54) is 23.3 Å².